The lowest BCUT2D eigenvalue weighted by Gasteiger charge is -2.31. The van der Waals surface area contributed by atoms with Crippen LogP contribution in [0.15, 0.2) is 71.8 Å². The number of carbonyl (C=O) groups is 2. The fourth-order valence-electron chi connectivity index (χ4n) is 6.78. The average Bonchev–Trinajstić information content (AvgIpc) is 3.92. The summed E-state index contributed by atoms with van der Waals surface area (Å²) in [6, 6.07) is 15.5. The van der Waals surface area contributed by atoms with Gasteiger partial charge in [0, 0.05) is 55.8 Å². The van der Waals surface area contributed by atoms with Gasteiger partial charge in [0.05, 0.1) is 23.3 Å². The number of rotatable bonds is 12. The van der Waals surface area contributed by atoms with E-state index in [1.165, 1.54) is 10.8 Å². The molecule has 0 bridgehead atoms. The minimum atomic E-state index is -2.44. The molecule has 3 heterocycles. The van der Waals surface area contributed by atoms with Crippen molar-refractivity contribution in [2.75, 3.05) is 29.9 Å². The molecule has 1 aliphatic heterocycles. The van der Waals surface area contributed by atoms with E-state index in [1.807, 2.05) is 24.8 Å². The van der Waals surface area contributed by atoms with Crippen LogP contribution in [0.1, 0.15) is 76.9 Å². The summed E-state index contributed by atoms with van der Waals surface area (Å²) in [6.45, 7) is 5.34. The Kier molecular flexibility index (Phi) is 9.65. The van der Waals surface area contributed by atoms with Gasteiger partial charge in [0.1, 0.15) is 11.5 Å². The van der Waals surface area contributed by atoms with Crippen LogP contribution in [0.4, 0.5) is 26.0 Å². The van der Waals surface area contributed by atoms with E-state index in [0.717, 1.165) is 18.4 Å². The Morgan fingerprint density at radius 1 is 1.04 bits per heavy atom. The topological polar surface area (TPSA) is 108 Å². The predicted octanol–water partition coefficient (Wildman–Crippen LogP) is 6.45. The SMILES string of the molecule is CCCN(CCC)C(=O)c1ccc(Nc2cc(-c3cccc(N4CCc5cc(C6(C(F)F)CC6)ccc5C4=O)c3CO)cn(C)c2=O)nc1. The number of fused-ring (bicyclic) bond motifs is 1. The third-order valence-corrected chi connectivity index (χ3v) is 9.61. The fraction of sp³-hybridized carbons (Fsp3) is 0.368. The molecule has 2 N–H and O–H groups in total. The van der Waals surface area contributed by atoms with Gasteiger partial charge in [-0.1, -0.05) is 38.1 Å². The molecule has 2 aliphatic rings. The number of anilines is 3. The van der Waals surface area contributed by atoms with Crippen LogP contribution in [0.3, 0.4) is 0 Å². The Morgan fingerprint density at radius 3 is 2.43 bits per heavy atom. The standard InChI is InChI=1S/C38H41F2N5O4/c1-4-16-44(17-5-2)34(47)25-9-12-33(41-21-25)42-31-20-26(22-43(3)36(31)49)28-7-6-8-32(30(28)23-46)45-18-13-24-19-27(10-11-29(24)35(45)48)38(14-15-38)37(39)40/h6-12,19-22,37,46H,4-5,13-18,23H2,1-3H3,(H,41,42). The maximum absolute atomic E-state index is 13.8. The molecule has 2 aromatic carbocycles. The fourth-order valence-corrected chi connectivity index (χ4v) is 6.78. The second kappa shape index (κ2) is 13.9. The summed E-state index contributed by atoms with van der Waals surface area (Å²) in [7, 11) is 1.63. The second-order valence-electron chi connectivity index (χ2n) is 12.9. The van der Waals surface area contributed by atoms with E-state index in [4.69, 9.17) is 0 Å². The van der Waals surface area contributed by atoms with Gasteiger partial charge in [-0.2, -0.15) is 0 Å². The first-order valence-corrected chi connectivity index (χ1v) is 16.8. The van der Waals surface area contributed by atoms with Crippen LogP contribution in [0.25, 0.3) is 11.1 Å². The molecule has 0 atom stereocenters. The van der Waals surface area contributed by atoms with E-state index in [2.05, 4.69) is 10.3 Å². The quantitative estimate of drug-likeness (QED) is 0.180. The molecule has 0 saturated heterocycles. The number of nitrogens with zero attached hydrogens (tertiary/aromatic N) is 4. The number of aliphatic hydroxyl groups is 1. The summed E-state index contributed by atoms with van der Waals surface area (Å²) in [4.78, 5) is 47.8. The zero-order valence-corrected chi connectivity index (χ0v) is 28.0. The first kappa shape index (κ1) is 34.0. The Balaban J connectivity index is 1.27. The molecule has 256 valence electrons. The normalized spacial score (nSPS) is 14.9. The minimum Gasteiger partial charge on any atom is -0.392 e. The zero-order valence-electron chi connectivity index (χ0n) is 28.0. The van der Waals surface area contributed by atoms with Crippen LogP contribution in [-0.4, -0.2) is 57.4 Å². The lowest BCUT2D eigenvalue weighted by Crippen LogP contribution is -2.38. The molecule has 0 spiro atoms. The van der Waals surface area contributed by atoms with Crippen molar-refractivity contribution in [1.82, 2.24) is 14.5 Å². The van der Waals surface area contributed by atoms with Crippen LogP contribution < -0.4 is 15.8 Å². The molecule has 0 unspecified atom stereocenters. The maximum atomic E-state index is 13.8. The largest absolute Gasteiger partial charge is 0.392 e. The van der Waals surface area contributed by atoms with Crippen LogP contribution in [-0.2, 0) is 25.5 Å². The van der Waals surface area contributed by atoms with Gasteiger partial charge < -0.3 is 24.8 Å². The van der Waals surface area contributed by atoms with Crippen molar-refractivity contribution in [3.63, 3.8) is 0 Å². The molecule has 1 fully saturated rings. The van der Waals surface area contributed by atoms with Gasteiger partial charge >= 0.3 is 0 Å². The molecular formula is C38H41F2N5O4. The van der Waals surface area contributed by atoms with Crippen molar-refractivity contribution in [1.29, 1.82) is 0 Å². The number of pyridine rings is 2. The number of hydrogen-bond donors (Lipinski definition) is 2. The Hall–Kier alpha value is -4.90. The smallest absolute Gasteiger partial charge is 0.274 e. The molecule has 1 saturated carbocycles. The molecule has 9 nitrogen and oxygen atoms in total. The number of aryl methyl sites for hydroxylation is 1. The zero-order chi connectivity index (χ0) is 34.9. The third-order valence-electron chi connectivity index (χ3n) is 9.61. The van der Waals surface area contributed by atoms with Crippen LogP contribution in [0.5, 0.6) is 0 Å². The van der Waals surface area contributed by atoms with Gasteiger partial charge in [-0.3, -0.25) is 14.4 Å². The Bertz CT molecular complexity index is 1930. The number of aliphatic hydroxyl groups excluding tert-OH is 1. The Morgan fingerprint density at radius 2 is 1.80 bits per heavy atom. The molecule has 2 amide bonds. The maximum Gasteiger partial charge on any atom is 0.274 e. The summed E-state index contributed by atoms with van der Waals surface area (Å²) >= 11 is 0. The van der Waals surface area contributed by atoms with Crippen molar-refractivity contribution in [2.24, 2.45) is 7.05 Å². The van der Waals surface area contributed by atoms with E-state index in [1.54, 1.807) is 66.7 Å². The van der Waals surface area contributed by atoms with Gasteiger partial charge in [0.25, 0.3) is 17.4 Å². The third kappa shape index (κ3) is 6.47. The first-order chi connectivity index (χ1) is 23.6. The van der Waals surface area contributed by atoms with Gasteiger partial charge in [-0.15, -0.1) is 0 Å². The first-order valence-electron chi connectivity index (χ1n) is 16.8. The average molecular weight is 670 g/mol. The number of hydrogen-bond acceptors (Lipinski definition) is 6. The van der Waals surface area contributed by atoms with Gasteiger partial charge in [-0.25, -0.2) is 13.8 Å². The van der Waals surface area contributed by atoms with E-state index in [9.17, 15) is 28.3 Å². The lowest BCUT2D eigenvalue weighted by atomic mass is 9.89. The summed E-state index contributed by atoms with van der Waals surface area (Å²) in [6.07, 6.45) is 3.82. The number of halogens is 2. The van der Waals surface area contributed by atoms with Gasteiger partial charge in [0.15, 0.2) is 0 Å². The van der Waals surface area contributed by atoms with Crippen molar-refractivity contribution < 1.29 is 23.5 Å². The van der Waals surface area contributed by atoms with Gasteiger partial charge in [0.2, 0.25) is 6.43 Å². The monoisotopic (exact) mass is 669 g/mol. The predicted molar refractivity (Wildman–Crippen MR) is 186 cm³/mol. The Labute approximate surface area is 284 Å². The van der Waals surface area contributed by atoms with E-state index >= 15 is 0 Å². The van der Waals surface area contributed by atoms with E-state index in [-0.39, 0.29) is 29.7 Å². The summed E-state index contributed by atoms with van der Waals surface area (Å²) in [5.74, 6) is 0.0436. The number of benzene rings is 2. The van der Waals surface area contributed by atoms with Crippen LogP contribution in [0.2, 0.25) is 0 Å². The number of alkyl halides is 2. The molecule has 11 heteroatoms. The number of amides is 2. The summed E-state index contributed by atoms with van der Waals surface area (Å²) in [5.41, 5.74) is 3.45. The highest BCUT2D eigenvalue weighted by Gasteiger charge is 2.52. The van der Waals surface area contributed by atoms with E-state index in [0.29, 0.717) is 83.8 Å². The molecular weight excluding hydrogens is 628 g/mol. The molecule has 1 aliphatic carbocycles. The number of nitrogens with one attached hydrogen (secondary N) is 1. The number of carbonyl (C=O) groups excluding carboxylic acids is 2. The highest BCUT2D eigenvalue weighted by Crippen LogP contribution is 2.53. The lowest BCUT2D eigenvalue weighted by molar-refractivity contribution is 0.0755. The van der Waals surface area contributed by atoms with E-state index < -0.39 is 11.8 Å². The van der Waals surface area contributed by atoms with Crippen LogP contribution >= 0.6 is 0 Å². The van der Waals surface area contributed by atoms with Crippen molar-refractivity contribution in [3.05, 3.63) is 105 Å². The molecule has 2 aromatic heterocycles. The van der Waals surface area contributed by atoms with Gasteiger partial charge in [-0.05, 0) is 79.1 Å². The summed E-state index contributed by atoms with van der Waals surface area (Å²) in [5, 5.41) is 13.7. The molecule has 49 heavy (non-hydrogen) atoms. The molecule has 4 aromatic rings. The number of aromatic nitrogens is 2. The summed E-state index contributed by atoms with van der Waals surface area (Å²) < 4.78 is 29.0. The highest BCUT2D eigenvalue weighted by molar-refractivity contribution is 6.09. The molecule has 6 rings (SSSR count). The van der Waals surface area contributed by atoms with Crippen molar-refractivity contribution in [3.8, 4) is 11.1 Å². The highest BCUT2D eigenvalue weighted by atomic mass is 19.3. The second-order valence-corrected chi connectivity index (χ2v) is 12.9. The van der Waals surface area contributed by atoms with Crippen molar-refractivity contribution in [2.45, 2.75) is 64.4 Å². The van der Waals surface area contributed by atoms with Crippen molar-refractivity contribution >= 4 is 29.0 Å². The van der Waals surface area contributed by atoms with Crippen LogP contribution in [0, 0.1) is 0 Å². The molecule has 0 radical (unpaired) electrons. The minimum absolute atomic E-state index is 0.0871.